The minimum Gasteiger partial charge on any atom is -0.472 e. The molecule has 1 saturated heterocycles. The van der Waals surface area contributed by atoms with Crippen molar-refractivity contribution in [2.45, 2.75) is 32.4 Å². The van der Waals surface area contributed by atoms with E-state index in [9.17, 15) is 4.79 Å². The average Bonchev–Trinajstić information content (AvgIpc) is 3.14. The molecule has 1 aliphatic heterocycles. The molecular weight excluding hydrogens is 374 g/mol. The second-order valence-electron chi connectivity index (χ2n) is 6.71. The van der Waals surface area contributed by atoms with Crippen LogP contribution in [0.5, 0.6) is 5.88 Å². The highest BCUT2D eigenvalue weighted by Crippen LogP contribution is 2.25. The lowest BCUT2D eigenvalue weighted by Crippen LogP contribution is -2.39. The Hall–Kier alpha value is -3.33. The molecule has 0 atom stereocenters. The number of amides is 1. The van der Waals surface area contributed by atoms with Crippen molar-refractivity contribution in [3.05, 3.63) is 53.7 Å². The predicted octanol–water partition coefficient (Wildman–Crippen LogP) is 2.32. The highest BCUT2D eigenvalue weighted by atomic mass is 16.5. The van der Waals surface area contributed by atoms with Gasteiger partial charge in [0.05, 0.1) is 5.56 Å². The van der Waals surface area contributed by atoms with Crippen molar-refractivity contribution in [3.8, 4) is 17.1 Å². The van der Waals surface area contributed by atoms with E-state index in [0.717, 1.165) is 24.0 Å². The van der Waals surface area contributed by atoms with Crippen molar-refractivity contribution in [2.24, 2.45) is 0 Å². The molecule has 0 bridgehead atoms. The minimum absolute atomic E-state index is 0.108. The van der Waals surface area contributed by atoms with Crippen LogP contribution in [0.2, 0.25) is 0 Å². The Morgan fingerprint density at radius 1 is 1.17 bits per heavy atom. The fourth-order valence-electron chi connectivity index (χ4n) is 3.06. The SMILES string of the molecule is Cc1onc(-c2ccncc2)c1COc1ccc(C(=O)NC2CCOCC2)nn1. The largest absolute Gasteiger partial charge is 0.472 e. The fraction of sp³-hybridized carbons (Fsp3) is 0.350. The zero-order chi connectivity index (χ0) is 20.1. The molecule has 9 heteroatoms. The van der Waals surface area contributed by atoms with Crippen molar-refractivity contribution in [2.75, 3.05) is 13.2 Å². The highest BCUT2D eigenvalue weighted by molar-refractivity contribution is 5.92. The Bertz CT molecular complexity index is 953. The van der Waals surface area contributed by atoms with E-state index in [1.165, 1.54) is 0 Å². The first-order valence-electron chi connectivity index (χ1n) is 9.41. The summed E-state index contributed by atoms with van der Waals surface area (Å²) in [7, 11) is 0. The number of aryl methyl sites for hydroxylation is 1. The van der Waals surface area contributed by atoms with Crippen LogP contribution in [0, 0.1) is 6.92 Å². The highest BCUT2D eigenvalue weighted by Gasteiger charge is 2.19. The van der Waals surface area contributed by atoms with Crippen LogP contribution < -0.4 is 10.1 Å². The van der Waals surface area contributed by atoms with E-state index in [4.69, 9.17) is 14.0 Å². The van der Waals surface area contributed by atoms with Crippen molar-refractivity contribution in [1.82, 2.24) is 25.7 Å². The second kappa shape index (κ2) is 8.78. The Morgan fingerprint density at radius 2 is 1.97 bits per heavy atom. The molecule has 0 aliphatic carbocycles. The van der Waals surface area contributed by atoms with Gasteiger partial charge >= 0.3 is 0 Å². The van der Waals surface area contributed by atoms with Gasteiger partial charge in [0.1, 0.15) is 18.1 Å². The smallest absolute Gasteiger partial charge is 0.272 e. The lowest BCUT2D eigenvalue weighted by atomic mass is 10.1. The zero-order valence-electron chi connectivity index (χ0n) is 16.0. The minimum atomic E-state index is -0.245. The van der Waals surface area contributed by atoms with Gasteiger partial charge in [0.25, 0.3) is 5.91 Å². The van der Waals surface area contributed by atoms with Crippen molar-refractivity contribution in [3.63, 3.8) is 0 Å². The van der Waals surface area contributed by atoms with Gasteiger partial charge in [-0.25, -0.2) is 0 Å². The first-order valence-corrected chi connectivity index (χ1v) is 9.41. The van der Waals surface area contributed by atoms with E-state index in [2.05, 4.69) is 25.7 Å². The number of nitrogens with one attached hydrogen (secondary N) is 1. The number of nitrogens with zero attached hydrogens (tertiary/aromatic N) is 4. The lowest BCUT2D eigenvalue weighted by molar-refractivity contribution is 0.0693. The standard InChI is InChI=1S/C20H21N5O4/c1-13-16(19(25-29-13)14-4-8-21-9-5-14)12-28-18-3-2-17(23-24-18)20(26)22-15-6-10-27-11-7-15/h2-5,8-9,15H,6-7,10-12H2,1H3,(H,22,26). The maximum atomic E-state index is 12.3. The maximum absolute atomic E-state index is 12.3. The Labute approximate surface area is 167 Å². The number of pyridine rings is 1. The van der Waals surface area contributed by atoms with E-state index in [1.807, 2.05) is 19.1 Å². The summed E-state index contributed by atoms with van der Waals surface area (Å²) < 4.78 is 16.3. The van der Waals surface area contributed by atoms with Crippen LogP contribution in [-0.4, -0.2) is 45.5 Å². The summed E-state index contributed by atoms with van der Waals surface area (Å²) in [5.74, 6) is 0.733. The van der Waals surface area contributed by atoms with Gasteiger partial charge in [0.2, 0.25) is 5.88 Å². The van der Waals surface area contributed by atoms with Gasteiger partial charge in [-0.2, -0.15) is 0 Å². The monoisotopic (exact) mass is 395 g/mol. The molecule has 29 heavy (non-hydrogen) atoms. The summed E-state index contributed by atoms with van der Waals surface area (Å²) in [5, 5.41) is 15.1. The number of aromatic nitrogens is 4. The number of ether oxygens (including phenoxy) is 2. The molecule has 0 aromatic carbocycles. The normalized spacial score (nSPS) is 14.5. The third kappa shape index (κ3) is 4.57. The third-order valence-corrected chi connectivity index (χ3v) is 4.73. The molecule has 1 amide bonds. The molecule has 3 aromatic heterocycles. The van der Waals surface area contributed by atoms with Crippen LogP contribution in [0.4, 0.5) is 0 Å². The topological polar surface area (TPSA) is 112 Å². The quantitative estimate of drug-likeness (QED) is 0.677. The Kier molecular flexibility index (Phi) is 5.76. The van der Waals surface area contributed by atoms with E-state index in [-0.39, 0.29) is 24.2 Å². The predicted molar refractivity (Wildman–Crippen MR) is 102 cm³/mol. The number of hydrogen-bond acceptors (Lipinski definition) is 8. The first kappa shape index (κ1) is 19.0. The molecule has 0 spiro atoms. The summed E-state index contributed by atoms with van der Waals surface area (Å²) in [6, 6.07) is 7.04. The van der Waals surface area contributed by atoms with Gasteiger partial charge in [0, 0.05) is 43.3 Å². The van der Waals surface area contributed by atoms with E-state index in [1.54, 1.807) is 24.5 Å². The molecule has 0 unspecified atom stereocenters. The lowest BCUT2D eigenvalue weighted by Gasteiger charge is -2.22. The van der Waals surface area contributed by atoms with E-state index in [0.29, 0.717) is 30.5 Å². The maximum Gasteiger partial charge on any atom is 0.272 e. The molecular formula is C20H21N5O4. The average molecular weight is 395 g/mol. The third-order valence-electron chi connectivity index (χ3n) is 4.73. The Balaban J connectivity index is 1.39. The number of hydrogen-bond donors (Lipinski definition) is 1. The van der Waals surface area contributed by atoms with Crippen LogP contribution in [0.25, 0.3) is 11.3 Å². The fourth-order valence-corrected chi connectivity index (χ4v) is 3.06. The summed E-state index contributed by atoms with van der Waals surface area (Å²) in [4.78, 5) is 16.3. The molecule has 1 aliphatic rings. The van der Waals surface area contributed by atoms with Crippen LogP contribution in [0.1, 0.15) is 34.7 Å². The van der Waals surface area contributed by atoms with Gasteiger partial charge in [-0.3, -0.25) is 9.78 Å². The first-order chi connectivity index (χ1) is 14.2. The van der Waals surface area contributed by atoms with Gasteiger partial charge in [0.15, 0.2) is 5.69 Å². The van der Waals surface area contributed by atoms with Gasteiger partial charge in [-0.15, -0.1) is 10.2 Å². The van der Waals surface area contributed by atoms with E-state index < -0.39 is 0 Å². The number of rotatable bonds is 6. The molecule has 0 radical (unpaired) electrons. The molecule has 0 saturated carbocycles. The molecule has 1 N–H and O–H groups in total. The van der Waals surface area contributed by atoms with Crippen molar-refractivity contribution >= 4 is 5.91 Å². The second-order valence-corrected chi connectivity index (χ2v) is 6.71. The Morgan fingerprint density at radius 3 is 2.69 bits per heavy atom. The van der Waals surface area contributed by atoms with E-state index >= 15 is 0 Å². The summed E-state index contributed by atoms with van der Waals surface area (Å²) in [6.45, 7) is 3.36. The molecule has 1 fully saturated rings. The molecule has 9 nitrogen and oxygen atoms in total. The molecule has 4 rings (SSSR count). The molecule has 3 aromatic rings. The summed E-state index contributed by atoms with van der Waals surface area (Å²) in [6.07, 6.45) is 5.00. The van der Waals surface area contributed by atoms with Crippen LogP contribution in [0.15, 0.2) is 41.2 Å². The zero-order valence-corrected chi connectivity index (χ0v) is 16.0. The van der Waals surface area contributed by atoms with Crippen molar-refractivity contribution in [1.29, 1.82) is 0 Å². The van der Waals surface area contributed by atoms with Gasteiger partial charge in [-0.1, -0.05) is 5.16 Å². The van der Waals surface area contributed by atoms with Crippen LogP contribution in [0.3, 0.4) is 0 Å². The van der Waals surface area contributed by atoms with Gasteiger partial charge in [-0.05, 0) is 38.0 Å². The number of carbonyl (C=O) groups excluding carboxylic acids is 1. The molecule has 4 heterocycles. The molecule has 150 valence electrons. The van der Waals surface area contributed by atoms with Crippen LogP contribution in [-0.2, 0) is 11.3 Å². The van der Waals surface area contributed by atoms with Crippen molar-refractivity contribution < 1.29 is 18.8 Å². The van der Waals surface area contributed by atoms with Crippen LogP contribution >= 0.6 is 0 Å². The van der Waals surface area contributed by atoms with Gasteiger partial charge < -0.3 is 19.3 Å². The number of carbonyl (C=O) groups is 1. The summed E-state index contributed by atoms with van der Waals surface area (Å²) in [5.41, 5.74) is 2.66. The summed E-state index contributed by atoms with van der Waals surface area (Å²) >= 11 is 0.